The lowest BCUT2D eigenvalue weighted by Crippen LogP contribution is -2.44. The van der Waals surface area contributed by atoms with Gasteiger partial charge in [-0.3, -0.25) is 14.9 Å². The summed E-state index contributed by atoms with van der Waals surface area (Å²) in [5.41, 5.74) is 6.59. The molecule has 3 aromatic carbocycles. The molecule has 3 heterocycles. The van der Waals surface area contributed by atoms with E-state index in [9.17, 15) is 4.39 Å². The summed E-state index contributed by atoms with van der Waals surface area (Å²) in [7, 11) is 9.60. The number of hydrogen-bond donors (Lipinski definition) is 0. The molecule has 0 radical (unpaired) electrons. The van der Waals surface area contributed by atoms with Crippen LogP contribution in [0.2, 0.25) is 0 Å². The third-order valence-electron chi connectivity index (χ3n) is 9.48. The zero-order valence-corrected chi connectivity index (χ0v) is 34.2. The largest absolute Gasteiger partial charge is 0.493 e. The molecule has 2 aromatic heterocycles. The molecule has 0 atom stereocenters. The van der Waals surface area contributed by atoms with Gasteiger partial charge in [0.2, 0.25) is 11.5 Å². The van der Waals surface area contributed by atoms with Crippen LogP contribution in [0.4, 0.5) is 10.1 Å². The van der Waals surface area contributed by atoms with Crippen LogP contribution in [0.5, 0.6) is 34.5 Å². The van der Waals surface area contributed by atoms with Crippen molar-refractivity contribution in [1.82, 2.24) is 14.9 Å². The van der Waals surface area contributed by atoms with Gasteiger partial charge in [0.15, 0.2) is 23.0 Å². The van der Waals surface area contributed by atoms with Gasteiger partial charge in [-0.1, -0.05) is 0 Å². The molecule has 0 amide bonds. The maximum Gasteiger partial charge on any atom is 0.203 e. The normalized spacial score (nSPS) is 12.6. The van der Waals surface area contributed by atoms with E-state index in [2.05, 4.69) is 38.0 Å². The van der Waals surface area contributed by atoms with Gasteiger partial charge in [-0.15, -0.1) is 37.2 Å². The van der Waals surface area contributed by atoms with Gasteiger partial charge >= 0.3 is 0 Å². The van der Waals surface area contributed by atoms with Crippen LogP contribution in [0.15, 0.2) is 85.2 Å². The first-order valence-corrected chi connectivity index (χ1v) is 17.1. The standard InChI is InChI=1S/C41H45FN4O6.3ClH/c1-47-36-21-29(22-37(48-2)40(36)51-5)34-19-27(11-15-43-34)25-45-17-13-33(14-18-45)46(32-9-7-31(42)8-10-32)26-28-12-16-44-35(20-28)30-23-38(49-3)41(52-6)39(24-30)50-4;;;/h7-12,15-16,19-24,33H,13-14,17-18,25-26H2,1-6H3;3*1H. The highest BCUT2D eigenvalue weighted by atomic mass is 35.5. The lowest BCUT2D eigenvalue weighted by molar-refractivity contribution is 0.201. The van der Waals surface area contributed by atoms with E-state index in [4.69, 9.17) is 28.4 Å². The maximum absolute atomic E-state index is 14.1. The van der Waals surface area contributed by atoms with Crippen LogP contribution < -0.4 is 33.3 Å². The van der Waals surface area contributed by atoms with Crippen LogP contribution in [0, 0.1) is 5.82 Å². The molecule has 0 unspecified atom stereocenters. The summed E-state index contributed by atoms with van der Waals surface area (Å²) in [5, 5.41) is 0. The number of benzene rings is 3. The number of halogens is 4. The van der Waals surface area contributed by atoms with Crippen molar-refractivity contribution in [2.45, 2.75) is 32.0 Å². The van der Waals surface area contributed by atoms with Crippen LogP contribution >= 0.6 is 37.2 Å². The van der Waals surface area contributed by atoms with Gasteiger partial charge in [-0.25, -0.2) is 4.39 Å². The molecule has 14 heteroatoms. The Morgan fingerprint density at radius 1 is 0.600 bits per heavy atom. The van der Waals surface area contributed by atoms with Crippen molar-refractivity contribution in [2.24, 2.45) is 0 Å². The van der Waals surface area contributed by atoms with E-state index in [0.717, 1.165) is 66.2 Å². The lowest BCUT2D eigenvalue weighted by atomic mass is 10.00. The molecular weight excluding hydrogens is 770 g/mol. The van der Waals surface area contributed by atoms with E-state index < -0.39 is 0 Å². The number of hydrogen-bond acceptors (Lipinski definition) is 10. The zero-order valence-electron chi connectivity index (χ0n) is 31.7. The van der Waals surface area contributed by atoms with Crippen molar-refractivity contribution in [1.29, 1.82) is 0 Å². The molecule has 1 fully saturated rings. The van der Waals surface area contributed by atoms with Gasteiger partial charge in [0.05, 0.1) is 54.0 Å². The molecule has 0 spiro atoms. The minimum Gasteiger partial charge on any atom is -0.493 e. The third kappa shape index (κ3) is 10.3. The predicted octanol–water partition coefficient (Wildman–Crippen LogP) is 8.94. The molecule has 55 heavy (non-hydrogen) atoms. The summed E-state index contributed by atoms with van der Waals surface area (Å²) < 4.78 is 47.4. The fourth-order valence-corrected chi connectivity index (χ4v) is 6.83. The predicted molar refractivity (Wildman–Crippen MR) is 221 cm³/mol. The van der Waals surface area contributed by atoms with Crippen LogP contribution in [0.25, 0.3) is 22.5 Å². The Morgan fingerprint density at radius 2 is 1.04 bits per heavy atom. The summed E-state index contributed by atoms with van der Waals surface area (Å²) in [4.78, 5) is 14.2. The smallest absolute Gasteiger partial charge is 0.203 e. The van der Waals surface area contributed by atoms with E-state index in [1.807, 2.05) is 54.9 Å². The van der Waals surface area contributed by atoms with Crippen LogP contribution in [-0.4, -0.2) is 76.7 Å². The van der Waals surface area contributed by atoms with E-state index in [1.165, 1.54) is 17.7 Å². The van der Waals surface area contributed by atoms with Gasteiger partial charge in [-0.2, -0.15) is 0 Å². The van der Waals surface area contributed by atoms with E-state index in [-0.39, 0.29) is 49.1 Å². The lowest BCUT2D eigenvalue weighted by Gasteiger charge is -2.40. The van der Waals surface area contributed by atoms with E-state index in [1.54, 1.807) is 42.7 Å². The molecule has 296 valence electrons. The van der Waals surface area contributed by atoms with Gasteiger partial charge in [0.1, 0.15) is 5.82 Å². The number of anilines is 1. The second-order valence-corrected chi connectivity index (χ2v) is 12.5. The quantitative estimate of drug-likeness (QED) is 0.108. The highest BCUT2D eigenvalue weighted by Crippen LogP contribution is 2.42. The first-order valence-electron chi connectivity index (χ1n) is 17.1. The van der Waals surface area contributed by atoms with Gasteiger partial charge in [-0.05, 0) is 96.8 Å². The number of pyridine rings is 2. The molecule has 0 N–H and O–H groups in total. The number of aromatic nitrogens is 2. The highest BCUT2D eigenvalue weighted by Gasteiger charge is 2.26. The summed E-state index contributed by atoms with van der Waals surface area (Å²) in [6.45, 7) is 3.26. The molecule has 10 nitrogen and oxygen atoms in total. The van der Waals surface area contributed by atoms with Gasteiger partial charge in [0.25, 0.3) is 0 Å². The summed E-state index contributed by atoms with van der Waals surface area (Å²) in [5.74, 6) is 3.12. The Morgan fingerprint density at radius 3 is 1.47 bits per heavy atom. The van der Waals surface area contributed by atoms with Crippen LogP contribution in [-0.2, 0) is 13.1 Å². The van der Waals surface area contributed by atoms with Crippen molar-refractivity contribution in [2.75, 3.05) is 60.6 Å². The average molecular weight is 818 g/mol. The molecular formula is C41H48Cl3FN4O6. The minimum absolute atomic E-state index is 0. The number of methoxy groups -OCH3 is 6. The summed E-state index contributed by atoms with van der Waals surface area (Å²) in [6.07, 6.45) is 5.57. The molecule has 5 aromatic rings. The number of ether oxygens (including phenoxy) is 6. The Hall–Kier alpha value is -4.68. The topological polar surface area (TPSA) is 87.6 Å². The molecule has 0 bridgehead atoms. The molecule has 0 aliphatic carbocycles. The first-order chi connectivity index (χ1) is 25.4. The van der Waals surface area contributed by atoms with Gasteiger partial charge < -0.3 is 33.3 Å². The van der Waals surface area contributed by atoms with Crippen molar-refractivity contribution < 1.29 is 32.8 Å². The van der Waals surface area contributed by atoms with E-state index >= 15 is 0 Å². The third-order valence-corrected chi connectivity index (χ3v) is 9.48. The first kappa shape index (κ1) is 44.7. The Labute approximate surface area is 341 Å². The second kappa shape index (κ2) is 20.8. The minimum atomic E-state index is -0.254. The maximum atomic E-state index is 14.1. The van der Waals surface area contributed by atoms with Crippen LogP contribution in [0.3, 0.4) is 0 Å². The van der Waals surface area contributed by atoms with E-state index in [0.29, 0.717) is 41.0 Å². The zero-order chi connectivity index (χ0) is 36.6. The molecule has 1 aliphatic heterocycles. The van der Waals surface area contributed by atoms with Crippen molar-refractivity contribution in [3.05, 3.63) is 102 Å². The SMILES string of the molecule is COc1cc(-c2cc(CN3CCC(N(Cc4ccnc(-c5cc(OC)c(OC)c(OC)c5)c4)c4ccc(F)cc4)CC3)ccn2)cc(OC)c1OC.Cl.Cl.Cl. The summed E-state index contributed by atoms with van der Waals surface area (Å²) in [6, 6.07) is 23.0. The van der Waals surface area contributed by atoms with Crippen LogP contribution in [0.1, 0.15) is 24.0 Å². The molecule has 6 rings (SSSR count). The Bertz CT molecular complexity index is 1930. The fourth-order valence-electron chi connectivity index (χ4n) is 6.83. The van der Waals surface area contributed by atoms with Crippen molar-refractivity contribution in [3.8, 4) is 57.0 Å². The molecule has 1 aliphatic rings. The second-order valence-electron chi connectivity index (χ2n) is 12.5. The average Bonchev–Trinajstić information content (AvgIpc) is 3.19. The highest BCUT2D eigenvalue weighted by molar-refractivity contribution is 5.86. The van der Waals surface area contributed by atoms with Gasteiger partial charge in [0, 0.05) is 61.4 Å². The number of rotatable bonds is 14. The Kier molecular flexibility index (Phi) is 16.9. The number of nitrogens with zero attached hydrogens (tertiary/aromatic N) is 4. The fraction of sp³-hybridized carbons (Fsp3) is 0.317. The molecule has 1 saturated heterocycles. The summed E-state index contributed by atoms with van der Waals surface area (Å²) >= 11 is 0. The Balaban J connectivity index is 0.00000271. The monoisotopic (exact) mass is 816 g/mol. The van der Waals surface area contributed by atoms with Crippen molar-refractivity contribution >= 4 is 42.9 Å². The number of likely N-dealkylation sites (tertiary alicyclic amines) is 1. The number of piperidine rings is 1. The molecule has 0 saturated carbocycles. The van der Waals surface area contributed by atoms with Crippen molar-refractivity contribution in [3.63, 3.8) is 0 Å².